The lowest BCUT2D eigenvalue weighted by molar-refractivity contribution is -0.127. The summed E-state index contributed by atoms with van der Waals surface area (Å²) in [5.41, 5.74) is -0.341. The van der Waals surface area contributed by atoms with Crippen LogP contribution in [0.4, 0.5) is 5.69 Å². The normalized spacial score (nSPS) is 22.5. The molecule has 2 heterocycles. The number of nitrogens with zero attached hydrogens (tertiary/aromatic N) is 2. The maximum Gasteiger partial charge on any atom is 0.286 e. The van der Waals surface area contributed by atoms with Crippen LogP contribution in [-0.4, -0.2) is 42.3 Å². The minimum absolute atomic E-state index is 0.0238. The molecule has 138 valence electrons. The van der Waals surface area contributed by atoms with Crippen LogP contribution in [0.2, 0.25) is 0 Å². The molecule has 0 radical (unpaired) electrons. The molecular formula is C18H21N3O4S. The van der Waals surface area contributed by atoms with Gasteiger partial charge in [-0.25, -0.2) is 0 Å². The highest BCUT2D eigenvalue weighted by molar-refractivity contribution is 7.90. The van der Waals surface area contributed by atoms with Crippen molar-refractivity contribution in [3.05, 3.63) is 35.6 Å². The fourth-order valence-electron chi connectivity index (χ4n) is 3.56. The fourth-order valence-corrected chi connectivity index (χ4v) is 4.68. The summed E-state index contributed by atoms with van der Waals surface area (Å²) in [5.74, 6) is -0.0970. The van der Waals surface area contributed by atoms with E-state index in [1.165, 1.54) is 6.07 Å². The van der Waals surface area contributed by atoms with Crippen LogP contribution in [0.5, 0.6) is 0 Å². The van der Waals surface area contributed by atoms with Crippen LogP contribution in [0.25, 0.3) is 0 Å². The summed E-state index contributed by atoms with van der Waals surface area (Å²) in [4.78, 5) is 14.7. The van der Waals surface area contributed by atoms with Crippen LogP contribution in [0.3, 0.4) is 0 Å². The van der Waals surface area contributed by atoms with Crippen molar-refractivity contribution in [1.82, 2.24) is 4.90 Å². The van der Waals surface area contributed by atoms with Gasteiger partial charge in [0.1, 0.15) is 21.8 Å². The Bertz CT molecular complexity index is 958. The van der Waals surface area contributed by atoms with Crippen LogP contribution >= 0.6 is 0 Å². The zero-order valence-electron chi connectivity index (χ0n) is 14.7. The molecule has 1 aromatic rings. The molecular weight excluding hydrogens is 354 g/mol. The number of fused-ring (bicyclic) bond motifs is 1. The van der Waals surface area contributed by atoms with Gasteiger partial charge in [-0.05, 0) is 37.3 Å². The van der Waals surface area contributed by atoms with Crippen molar-refractivity contribution in [3.63, 3.8) is 0 Å². The summed E-state index contributed by atoms with van der Waals surface area (Å²) >= 11 is 0. The molecule has 0 saturated heterocycles. The molecule has 3 aliphatic rings. The Morgan fingerprint density at radius 1 is 1.31 bits per heavy atom. The molecule has 2 aliphatic heterocycles. The first-order valence-electron chi connectivity index (χ1n) is 8.73. The van der Waals surface area contributed by atoms with Crippen molar-refractivity contribution >= 4 is 27.5 Å². The molecule has 1 saturated carbocycles. The Kier molecular flexibility index (Phi) is 3.66. The lowest BCUT2D eigenvalue weighted by Gasteiger charge is -2.26. The molecule has 0 aromatic heterocycles. The Morgan fingerprint density at radius 2 is 2.00 bits per heavy atom. The summed E-state index contributed by atoms with van der Waals surface area (Å²) in [6.45, 7) is 4.68. The van der Waals surface area contributed by atoms with Gasteiger partial charge in [0.25, 0.3) is 15.9 Å². The van der Waals surface area contributed by atoms with Crippen LogP contribution in [-0.2, 0) is 14.8 Å². The second kappa shape index (κ2) is 5.57. The van der Waals surface area contributed by atoms with Gasteiger partial charge in [-0.2, -0.15) is 8.42 Å². The lowest BCUT2D eigenvalue weighted by atomic mass is 10.1. The molecule has 7 nitrogen and oxygen atoms in total. The number of amidine groups is 1. The maximum absolute atomic E-state index is 13.0. The van der Waals surface area contributed by atoms with Gasteiger partial charge in [0, 0.05) is 6.54 Å². The second-order valence-electron chi connectivity index (χ2n) is 7.43. The molecule has 1 aromatic carbocycles. The largest absolute Gasteiger partial charge is 0.509 e. The number of benzene rings is 1. The predicted molar refractivity (Wildman–Crippen MR) is 97.5 cm³/mol. The number of aliphatic hydroxyl groups excluding tert-OH is 1. The number of hydrogen-bond acceptors (Lipinski definition) is 5. The van der Waals surface area contributed by atoms with E-state index in [2.05, 4.69) is 23.6 Å². The predicted octanol–water partition coefficient (Wildman–Crippen LogP) is 2.43. The Labute approximate surface area is 152 Å². The van der Waals surface area contributed by atoms with E-state index in [9.17, 15) is 18.3 Å². The van der Waals surface area contributed by atoms with E-state index in [-0.39, 0.29) is 28.0 Å². The molecule has 0 unspecified atom stereocenters. The first kappa shape index (κ1) is 17.1. The van der Waals surface area contributed by atoms with Crippen molar-refractivity contribution in [2.45, 2.75) is 43.5 Å². The number of amides is 1. The van der Waals surface area contributed by atoms with Crippen molar-refractivity contribution in [2.24, 2.45) is 10.3 Å². The van der Waals surface area contributed by atoms with E-state index < -0.39 is 15.6 Å². The number of hydrogen-bond donors (Lipinski definition) is 2. The van der Waals surface area contributed by atoms with Crippen LogP contribution in [0.1, 0.15) is 33.1 Å². The lowest BCUT2D eigenvalue weighted by Crippen LogP contribution is -2.39. The molecule has 0 bridgehead atoms. The van der Waals surface area contributed by atoms with E-state index in [1.54, 1.807) is 23.1 Å². The monoisotopic (exact) mass is 375 g/mol. The van der Waals surface area contributed by atoms with E-state index in [4.69, 9.17) is 0 Å². The Morgan fingerprint density at radius 3 is 2.65 bits per heavy atom. The molecule has 1 spiro atoms. The van der Waals surface area contributed by atoms with E-state index in [0.717, 1.165) is 6.42 Å². The summed E-state index contributed by atoms with van der Waals surface area (Å²) in [7, 11) is -3.93. The minimum atomic E-state index is -3.93. The SMILES string of the molecule is CC(C)CCN1C(=O)C(C2=NS(=O)(=O)c3ccccc3N2)=C(O)C12CC2. The second-order valence-corrected chi connectivity index (χ2v) is 9.00. The van der Waals surface area contributed by atoms with E-state index >= 15 is 0 Å². The third kappa shape index (κ3) is 2.43. The highest BCUT2D eigenvalue weighted by atomic mass is 32.2. The topological polar surface area (TPSA) is 99.1 Å². The van der Waals surface area contributed by atoms with Crippen molar-refractivity contribution in [3.8, 4) is 0 Å². The van der Waals surface area contributed by atoms with Crippen molar-refractivity contribution in [2.75, 3.05) is 11.9 Å². The molecule has 1 aliphatic carbocycles. The van der Waals surface area contributed by atoms with Crippen LogP contribution in [0, 0.1) is 5.92 Å². The van der Waals surface area contributed by atoms with Gasteiger partial charge < -0.3 is 15.3 Å². The number of carbonyl (C=O) groups excluding carboxylic acids is 1. The third-order valence-electron chi connectivity index (χ3n) is 5.17. The Balaban J connectivity index is 1.74. The van der Waals surface area contributed by atoms with E-state index in [1.807, 2.05) is 0 Å². The molecule has 26 heavy (non-hydrogen) atoms. The van der Waals surface area contributed by atoms with Crippen molar-refractivity contribution in [1.29, 1.82) is 0 Å². The number of carbonyl (C=O) groups is 1. The zero-order chi connectivity index (χ0) is 18.7. The average Bonchev–Trinajstić information content (AvgIpc) is 3.32. The minimum Gasteiger partial charge on any atom is -0.509 e. The maximum atomic E-state index is 13.0. The molecule has 4 rings (SSSR count). The number of nitrogens with one attached hydrogen (secondary N) is 1. The molecule has 1 fully saturated rings. The zero-order valence-corrected chi connectivity index (χ0v) is 15.5. The van der Waals surface area contributed by atoms with Gasteiger partial charge in [-0.1, -0.05) is 26.0 Å². The average molecular weight is 375 g/mol. The smallest absolute Gasteiger partial charge is 0.286 e. The summed E-state index contributed by atoms with van der Waals surface area (Å²) in [6.07, 6.45) is 2.18. The summed E-state index contributed by atoms with van der Waals surface area (Å²) in [5, 5.41) is 13.7. The molecule has 1 amide bonds. The highest BCUT2D eigenvalue weighted by Crippen LogP contribution is 2.52. The van der Waals surface area contributed by atoms with Crippen LogP contribution in [0.15, 0.2) is 44.9 Å². The van der Waals surface area contributed by atoms with Crippen molar-refractivity contribution < 1.29 is 18.3 Å². The molecule has 0 atom stereocenters. The van der Waals surface area contributed by atoms with Gasteiger partial charge in [0.15, 0.2) is 5.84 Å². The van der Waals surface area contributed by atoms with Gasteiger partial charge in [0.2, 0.25) is 0 Å². The number of anilines is 1. The van der Waals surface area contributed by atoms with Crippen LogP contribution < -0.4 is 5.32 Å². The number of sulfonamides is 1. The summed E-state index contributed by atoms with van der Waals surface area (Å²) < 4.78 is 28.7. The number of rotatable bonds is 4. The summed E-state index contributed by atoms with van der Waals surface area (Å²) in [6, 6.07) is 6.39. The quantitative estimate of drug-likeness (QED) is 0.842. The van der Waals surface area contributed by atoms with Gasteiger partial charge in [-0.3, -0.25) is 4.79 Å². The number of aliphatic hydroxyl groups is 1. The number of para-hydroxylation sites is 1. The van der Waals surface area contributed by atoms with Gasteiger partial charge in [-0.15, -0.1) is 4.40 Å². The molecule has 2 N–H and O–H groups in total. The van der Waals surface area contributed by atoms with Gasteiger partial charge in [0.05, 0.1) is 5.69 Å². The molecule has 8 heteroatoms. The first-order chi connectivity index (χ1) is 12.3. The highest BCUT2D eigenvalue weighted by Gasteiger charge is 2.61. The van der Waals surface area contributed by atoms with Gasteiger partial charge >= 0.3 is 0 Å². The first-order valence-corrected chi connectivity index (χ1v) is 10.2. The standard InChI is InChI=1S/C18H21N3O4S/c1-11(2)7-10-21-17(23)14(15(22)18(21)8-9-18)16-19-12-5-3-4-6-13(12)26(24,25)20-16/h3-6,11,22H,7-10H2,1-2H3,(H,19,20). The van der Waals surface area contributed by atoms with E-state index in [0.29, 0.717) is 31.0 Å². The Hall–Kier alpha value is -2.35. The fraction of sp³-hybridized carbons (Fsp3) is 0.444. The third-order valence-corrected chi connectivity index (χ3v) is 6.51.